The van der Waals surface area contributed by atoms with E-state index in [1.54, 1.807) is 36.5 Å². The third kappa shape index (κ3) is 8.04. The van der Waals surface area contributed by atoms with Crippen LogP contribution in [-0.2, 0) is 43.2 Å². The molecule has 0 bridgehead atoms. The highest BCUT2D eigenvalue weighted by molar-refractivity contribution is 6.42. The zero-order valence-corrected chi connectivity index (χ0v) is 25.9. The van der Waals surface area contributed by atoms with Crippen LogP contribution in [0, 0.1) is 0 Å². The molecule has 6 N–H and O–H groups in total. The molecule has 1 fully saturated rings. The molecule has 1 aromatic heterocycles. The van der Waals surface area contributed by atoms with Crippen LogP contribution in [0.3, 0.4) is 0 Å². The van der Waals surface area contributed by atoms with Crippen LogP contribution in [0.5, 0.6) is 0 Å². The molecule has 1 aliphatic heterocycles. The van der Waals surface area contributed by atoms with Crippen LogP contribution in [0.25, 0.3) is 10.9 Å². The number of benzene rings is 3. The van der Waals surface area contributed by atoms with E-state index in [0.717, 1.165) is 22.0 Å². The second-order valence-corrected chi connectivity index (χ2v) is 11.9. The van der Waals surface area contributed by atoms with E-state index in [1.165, 1.54) is 12.1 Å². The lowest BCUT2D eigenvalue weighted by Crippen LogP contribution is -2.57. The first-order valence-electron chi connectivity index (χ1n) is 14.5. The van der Waals surface area contributed by atoms with Gasteiger partial charge in [0, 0.05) is 36.4 Å². The van der Waals surface area contributed by atoms with Gasteiger partial charge < -0.3 is 31.4 Å². The number of carboxylic acids is 1. The first kappa shape index (κ1) is 32.5. The minimum absolute atomic E-state index is 0.0469. The molecule has 4 atom stereocenters. The zero-order valence-electron chi connectivity index (χ0n) is 24.4. The van der Waals surface area contributed by atoms with E-state index in [-0.39, 0.29) is 24.3 Å². The van der Waals surface area contributed by atoms with Gasteiger partial charge in [-0.3, -0.25) is 19.2 Å². The molecule has 5 rings (SSSR count). The van der Waals surface area contributed by atoms with Gasteiger partial charge in [-0.1, -0.05) is 77.8 Å². The average molecular weight is 665 g/mol. The van der Waals surface area contributed by atoms with Gasteiger partial charge in [0.05, 0.1) is 16.5 Å². The largest absolute Gasteiger partial charge is 0.480 e. The molecule has 2 heterocycles. The lowest BCUT2D eigenvalue weighted by atomic mass is 10.0. The quantitative estimate of drug-likeness (QED) is 0.178. The number of nitrogens with one attached hydrogen (secondary N) is 5. The number of carbonyl (C=O) groups excluding carboxylic acids is 4. The molecule has 1 aliphatic rings. The normalized spacial score (nSPS) is 21.2. The Morgan fingerprint density at radius 3 is 1.98 bits per heavy atom. The number of hydrogen-bond donors (Lipinski definition) is 6. The van der Waals surface area contributed by atoms with Gasteiger partial charge in [0.25, 0.3) is 0 Å². The Morgan fingerprint density at radius 1 is 0.696 bits per heavy atom. The molecule has 13 heteroatoms. The van der Waals surface area contributed by atoms with Crippen LogP contribution in [0.1, 0.15) is 23.1 Å². The maximum Gasteiger partial charge on any atom is 0.326 e. The zero-order chi connectivity index (χ0) is 32.8. The summed E-state index contributed by atoms with van der Waals surface area (Å²) in [5.74, 6) is -4.40. The highest BCUT2D eigenvalue weighted by Gasteiger charge is 2.34. The summed E-state index contributed by atoms with van der Waals surface area (Å²) >= 11 is 12.2. The third-order valence-electron chi connectivity index (χ3n) is 7.73. The van der Waals surface area contributed by atoms with Gasteiger partial charge in [-0.2, -0.15) is 0 Å². The van der Waals surface area contributed by atoms with Crippen molar-refractivity contribution in [3.05, 3.63) is 106 Å². The van der Waals surface area contributed by atoms with Crippen molar-refractivity contribution in [1.82, 2.24) is 26.3 Å². The summed E-state index contributed by atoms with van der Waals surface area (Å²) < 4.78 is 0. The van der Waals surface area contributed by atoms with E-state index in [2.05, 4.69) is 26.3 Å². The molecule has 0 saturated carbocycles. The summed E-state index contributed by atoms with van der Waals surface area (Å²) in [6.07, 6.45) is 1.12. The van der Waals surface area contributed by atoms with Gasteiger partial charge in [0.15, 0.2) is 0 Å². The Kier molecular flexibility index (Phi) is 10.2. The topological polar surface area (TPSA) is 169 Å². The summed E-state index contributed by atoms with van der Waals surface area (Å²) in [4.78, 5) is 69.7. The van der Waals surface area contributed by atoms with Crippen molar-refractivity contribution >= 4 is 63.7 Å². The number of hydrogen-bond acceptors (Lipinski definition) is 5. The highest BCUT2D eigenvalue weighted by atomic mass is 35.5. The van der Waals surface area contributed by atoms with E-state index in [1.807, 2.05) is 30.3 Å². The monoisotopic (exact) mass is 663 g/mol. The molecule has 46 heavy (non-hydrogen) atoms. The van der Waals surface area contributed by atoms with Crippen LogP contribution in [0.2, 0.25) is 10.0 Å². The lowest BCUT2D eigenvalue weighted by Gasteiger charge is -2.25. The molecule has 238 valence electrons. The lowest BCUT2D eigenvalue weighted by molar-refractivity contribution is -0.144. The van der Waals surface area contributed by atoms with Crippen LogP contribution in [-0.4, -0.2) is 63.9 Å². The Bertz CT molecular complexity index is 1780. The second kappa shape index (κ2) is 14.5. The van der Waals surface area contributed by atoms with E-state index in [4.69, 9.17) is 23.2 Å². The number of aromatic amines is 1. The van der Waals surface area contributed by atoms with Crippen LogP contribution >= 0.6 is 23.2 Å². The molecule has 3 aromatic carbocycles. The van der Waals surface area contributed by atoms with Crippen molar-refractivity contribution in [2.45, 2.75) is 49.9 Å². The fourth-order valence-corrected chi connectivity index (χ4v) is 5.68. The number of fused-ring (bicyclic) bond motifs is 1. The first-order chi connectivity index (χ1) is 22.1. The van der Waals surface area contributed by atoms with Gasteiger partial charge in [-0.15, -0.1) is 0 Å². The summed E-state index contributed by atoms with van der Waals surface area (Å²) in [6, 6.07) is 15.9. The fourth-order valence-electron chi connectivity index (χ4n) is 5.36. The Labute approximate surface area is 274 Å². The van der Waals surface area contributed by atoms with Gasteiger partial charge in [0.1, 0.15) is 24.2 Å². The van der Waals surface area contributed by atoms with Crippen molar-refractivity contribution in [2.24, 2.45) is 0 Å². The molecule has 0 aliphatic carbocycles. The van der Waals surface area contributed by atoms with Gasteiger partial charge in [-0.25, -0.2) is 4.79 Å². The molecular weight excluding hydrogens is 633 g/mol. The van der Waals surface area contributed by atoms with Crippen molar-refractivity contribution in [3.8, 4) is 0 Å². The van der Waals surface area contributed by atoms with Crippen LogP contribution < -0.4 is 21.3 Å². The number of H-pyrrole nitrogens is 1. The van der Waals surface area contributed by atoms with E-state index in [9.17, 15) is 29.1 Å². The molecule has 1 saturated heterocycles. The predicted molar refractivity (Wildman–Crippen MR) is 172 cm³/mol. The Hall–Kier alpha value is -4.87. The number of carbonyl (C=O) groups is 5. The van der Waals surface area contributed by atoms with E-state index < -0.39 is 60.2 Å². The highest BCUT2D eigenvalue weighted by Crippen LogP contribution is 2.24. The SMILES string of the molecule is O=C1C[C@@H](C(=O)O)NC(=O)[C@@H](Cc2ccc(Cl)c(Cl)c2)NC(=O)[C@H](Cc2ccccc2)NC(=O)[C@H](Cc2c[nH]c3ccccc23)N1. The van der Waals surface area contributed by atoms with Crippen molar-refractivity contribution in [1.29, 1.82) is 0 Å². The minimum Gasteiger partial charge on any atom is -0.480 e. The molecule has 0 unspecified atom stereocenters. The van der Waals surface area contributed by atoms with Gasteiger partial charge >= 0.3 is 5.97 Å². The number of amides is 4. The fraction of sp³-hybridized carbons (Fsp3) is 0.242. The second-order valence-electron chi connectivity index (χ2n) is 11.1. The molecule has 4 amide bonds. The summed E-state index contributed by atoms with van der Waals surface area (Å²) in [5, 5.41) is 21.7. The number of halogens is 2. The Balaban J connectivity index is 1.50. The number of carboxylic acid groups (broad SMARTS) is 1. The summed E-state index contributed by atoms with van der Waals surface area (Å²) in [7, 11) is 0. The predicted octanol–water partition coefficient (Wildman–Crippen LogP) is 2.93. The average Bonchev–Trinajstić information content (AvgIpc) is 3.44. The smallest absolute Gasteiger partial charge is 0.326 e. The number of rotatable bonds is 7. The maximum absolute atomic E-state index is 13.8. The summed E-state index contributed by atoms with van der Waals surface area (Å²) in [5.41, 5.74) is 2.83. The maximum atomic E-state index is 13.8. The van der Waals surface area contributed by atoms with Crippen molar-refractivity contribution < 1.29 is 29.1 Å². The van der Waals surface area contributed by atoms with E-state index >= 15 is 0 Å². The van der Waals surface area contributed by atoms with E-state index in [0.29, 0.717) is 10.6 Å². The number of aromatic nitrogens is 1. The number of aliphatic carboxylic acids is 1. The molecule has 0 spiro atoms. The van der Waals surface area contributed by atoms with Crippen LogP contribution in [0.15, 0.2) is 79.0 Å². The third-order valence-corrected chi connectivity index (χ3v) is 8.47. The minimum atomic E-state index is -1.64. The van der Waals surface area contributed by atoms with Gasteiger partial charge in [-0.05, 0) is 34.9 Å². The molecular formula is C33H31Cl2N5O6. The number of para-hydroxylation sites is 1. The Morgan fingerprint density at radius 2 is 1.30 bits per heavy atom. The summed E-state index contributed by atoms with van der Waals surface area (Å²) in [6.45, 7) is 0. The van der Waals surface area contributed by atoms with Crippen molar-refractivity contribution in [3.63, 3.8) is 0 Å². The molecule has 0 radical (unpaired) electrons. The standard InChI is InChI=1S/C33H31Cl2N5O6/c34-22-11-10-19(12-23(22)35)14-26-31(43)40-28(33(45)46)16-29(41)37-27(15-20-17-36-24-9-5-4-8-21(20)24)32(44)38-25(30(42)39-26)13-18-6-2-1-3-7-18/h1-12,17,25-28,36H,13-16H2,(H,37,41)(H,38,44)(H,39,42)(H,40,43)(H,45,46)/t25-,26+,27-,28-/m0/s1. The van der Waals surface area contributed by atoms with Gasteiger partial charge in [0.2, 0.25) is 23.6 Å². The molecule has 11 nitrogen and oxygen atoms in total. The van der Waals surface area contributed by atoms with Crippen molar-refractivity contribution in [2.75, 3.05) is 0 Å². The first-order valence-corrected chi connectivity index (χ1v) is 15.3. The molecule has 4 aromatic rings. The van der Waals surface area contributed by atoms with Crippen LogP contribution in [0.4, 0.5) is 0 Å².